The van der Waals surface area contributed by atoms with Crippen LogP contribution in [-0.4, -0.2) is 48.3 Å². The van der Waals surface area contributed by atoms with E-state index in [1.54, 1.807) is 25.3 Å². The molecule has 0 N–H and O–H groups in total. The lowest BCUT2D eigenvalue weighted by Gasteiger charge is -2.17. The predicted molar refractivity (Wildman–Crippen MR) is 112 cm³/mol. The third-order valence-corrected chi connectivity index (χ3v) is 4.41. The molecule has 0 aromatic heterocycles. The van der Waals surface area contributed by atoms with Crippen LogP contribution in [0.25, 0.3) is 6.08 Å². The summed E-state index contributed by atoms with van der Waals surface area (Å²) in [6.45, 7) is 0. The summed E-state index contributed by atoms with van der Waals surface area (Å²) in [5, 5.41) is 0.0310. The molecule has 7 heteroatoms. The number of hydrogen-bond donors (Lipinski definition) is 0. The number of benzene rings is 2. The molecule has 0 saturated heterocycles. The van der Waals surface area contributed by atoms with Gasteiger partial charge in [-0.25, -0.2) is 0 Å². The van der Waals surface area contributed by atoms with Gasteiger partial charge in [0, 0.05) is 20.2 Å². The van der Waals surface area contributed by atoms with E-state index in [0.29, 0.717) is 17.2 Å². The van der Waals surface area contributed by atoms with Gasteiger partial charge in [-0.1, -0.05) is 17.7 Å². The summed E-state index contributed by atoms with van der Waals surface area (Å²) in [6.07, 6.45) is 1.60. The number of halogens is 1. The minimum atomic E-state index is -0.405. The first-order valence-electron chi connectivity index (χ1n) is 8.43. The van der Waals surface area contributed by atoms with Crippen LogP contribution in [0.5, 0.6) is 23.0 Å². The molecule has 0 aliphatic rings. The molecule has 0 aliphatic carbocycles. The standard InChI is InChI=1S/C21H24ClNO5/c1-23(2)17-10-13(7-8-18(17)26-4)9-16(22)20(24)15-11-14(25-3)12-19(27-5)21(15)28-6/h7-12H,1-6H3. The van der Waals surface area contributed by atoms with Gasteiger partial charge in [0.15, 0.2) is 11.5 Å². The third kappa shape index (κ3) is 4.51. The molecule has 0 bridgehead atoms. The fourth-order valence-corrected chi connectivity index (χ4v) is 2.94. The minimum Gasteiger partial charge on any atom is -0.497 e. The summed E-state index contributed by atoms with van der Waals surface area (Å²) in [7, 11) is 9.88. The Balaban J connectivity index is 2.49. The monoisotopic (exact) mass is 405 g/mol. The summed E-state index contributed by atoms with van der Waals surface area (Å²) in [5.41, 5.74) is 1.88. The zero-order valence-corrected chi connectivity index (χ0v) is 17.6. The molecule has 0 fully saturated rings. The number of ketones is 1. The lowest BCUT2D eigenvalue weighted by atomic mass is 10.1. The first kappa shape index (κ1) is 21.4. The van der Waals surface area contributed by atoms with E-state index < -0.39 is 5.78 Å². The van der Waals surface area contributed by atoms with Gasteiger partial charge < -0.3 is 23.8 Å². The third-order valence-electron chi connectivity index (χ3n) is 4.13. The van der Waals surface area contributed by atoms with Crippen LogP contribution < -0.4 is 23.8 Å². The van der Waals surface area contributed by atoms with Crippen LogP contribution >= 0.6 is 11.6 Å². The number of rotatable bonds is 8. The lowest BCUT2D eigenvalue weighted by Crippen LogP contribution is -2.10. The zero-order valence-electron chi connectivity index (χ0n) is 16.8. The Kier molecular flexibility index (Phi) is 7.18. The quantitative estimate of drug-likeness (QED) is 0.483. The Hall–Kier alpha value is -2.86. The molecular weight excluding hydrogens is 382 g/mol. The number of ether oxygens (including phenoxy) is 4. The fourth-order valence-electron chi connectivity index (χ4n) is 2.71. The average Bonchev–Trinajstić information content (AvgIpc) is 2.71. The van der Waals surface area contributed by atoms with E-state index in [1.165, 1.54) is 21.3 Å². The van der Waals surface area contributed by atoms with Crippen LogP contribution in [0.3, 0.4) is 0 Å². The van der Waals surface area contributed by atoms with Crippen molar-refractivity contribution in [2.24, 2.45) is 0 Å². The first-order chi connectivity index (χ1) is 13.4. The fraction of sp³-hybridized carbons (Fsp3) is 0.286. The smallest absolute Gasteiger partial charge is 0.208 e. The minimum absolute atomic E-state index is 0.0310. The molecule has 2 aromatic rings. The number of carbonyl (C=O) groups excluding carboxylic acids is 1. The van der Waals surface area contributed by atoms with Gasteiger partial charge >= 0.3 is 0 Å². The molecule has 0 radical (unpaired) electrons. The maximum absolute atomic E-state index is 13.0. The molecule has 0 atom stereocenters. The van der Waals surface area contributed by atoms with Crippen LogP contribution in [-0.2, 0) is 0 Å². The van der Waals surface area contributed by atoms with E-state index >= 15 is 0 Å². The average molecular weight is 406 g/mol. The van der Waals surface area contributed by atoms with Gasteiger partial charge in [0.1, 0.15) is 11.5 Å². The number of hydrogen-bond acceptors (Lipinski definition) is 6. The molecule has 2 rings (SSSR count). The van der Waals surface area contributed by atoms with Crippen LogP contribution in [0, 0.1) is 0 Å². The van der Waals surface area contributed by atoms with Gasteiger partial charge in [-0.15, -0.1) is 0 Å². The van der Waals surface area contributed by atoms with Crippen molar-refractivity contribution in [2.45, 2.75) is 0 Å². The molecule has 150 valence electrons. The van der Waals surface area contributed by atoms with E-state index in [1.807, 2.05) is 37.2 Å². The molecule has 0 unspecified atom stereocenters. The highest BCUT2D eigenvalue weighted by molar-refractivity contribution is 6.47. The molecule has 28 heavy (non-hydrogen) atoms. The number of carbonyl (C=O) groups is 1. The predicted octanol–water partition coefficient (Wildman–Crippen LogP) is 4.25. The molecular formula is C21H24ClNO5. The number of nitrogens with zero attached hydrogens (tertiary/aromatic N) is 1. The summed E-state index contributed by atoms with van der Waals surface area (Å²) in [4.78, 5) is 14.9. The largest absolute Gasteiger partial charge is 0.497 e. The van der Waals surface area contributed by atoms with Crippen LogP contribution in [0.1, 0.15) is 15.9 Å². The molecule has 0 heterocycles. The summed E-state index contributed by atoms with van der Waals surface area (Å²) in [6, 6.07) is 8.74. The topological polar surface area (TPSA) is 57.2 Å². The normalized spacial score (nSPS) is 11.0. The van der Waals surface area contributed by atoms with E-state index in [9.17, 15) is 4.79 Å². The van der Waals surface area contributed by atoms with Gasteiger partial charge in [0.25, 0.3) is 0 Å². The Morgan fingerprint density at radius 2 is 1.61 bits per heavy atom. The highest BCUT2D eigenvalue weighted by Gasteiger charge is 2.21. The number of anilines is 1. The van der Waals surface area contributed by atoms with Crippen LogP contribution in [0.15, 0.2) is 35.4 Å². The van der Waals surface area contributed by atoms with Crippen molar-refractivity contribution in [1.29, 1.82) is 0 Å². The van der Waals surface area contributed by atoms with E-state index in [2.05, 4.69) is 0 Å². The van der Waals surface area contributed by atoms with Crippen molar-refractivity contribution in [3.8, 4) is 23.0 Å². The Morgan fingerprint density at radius 1 is 0.929 bits per heavy atom. The summed E-state index contributed by atoms with van der Waals surface area (Å²) < 4.78 is 21.3. The molecule has 0 saturated carbocycles. The maximum Gasteiger partial charge on any atom is 0.208 e. The Bertz CT molecular complexity index is 893. The second-order valence-electron chi connectivity index (χ2n) is 6.06. The first-order valence-corrected chi connectivity index (χ1v) is 8.81. The van der Waals surface area contributed by atoms with Gasteiger partial charge in [0.2, 0.25) is 5.78 Å². The molecule has 0 aliphatic heterocycles. The number of Topliss-reactive ketones (excluding diaryl/α,β-unsaturated/α-hetero) is 1. The van der Waals surface area contributed by atoms with Crippen LogP contribution in [0.4, 0.5) is 5.69 Å². The van der Waals surface area contributed by atoms with Gasteiger partial charge in [-0.05, 0) is 29.8 Å². The van der Waals surface area contributed by atoms with Crippen molar-refractivity contribution >= 4 is 29.1 Å². The van der Waals surface area contributed by atoms with E-state index in [-0.39, 0.29) is 10.6 Å². The molecule has 2 aromatic carbocycles. The SMILES string of the molecule is COc1cc(OC)c(OC)c(C(=O)C(Cl)=Cc2ccc(OC)c(N(C)C)c2)c1. The Labute approximate surface area is 170 Å². The van der Waals surface area contributed by atoms with E-state index in [4.69, 9.17) is 30.5 Å². The summed E-state index contributed by atoms with van der Waals surface area (Å²) >= 11 is 6.36. The van der Waals surface area contributed by atoms with Crippen molar-refractivity contribution in [2.75, 3.05) is 47.4 Å². The van der Waals surface area contributed by atoms with Gasteiger partial charge in [-0.3, -0.25) is 4.79 Å². The van der Waals surface area contributed by atoms with Crippen molar-refractivity contribution in [1.82, 2.24) is 0 Å². The van der Waals surface area contributed by atoms with Crippen LogP contribution in [0.2, 0.25) is 0 Å². The van der Waals surface area contributed by atoms with Gasteiger partial charge in [0.05, 0.1) is 44.7 Å². The second-order valence-corrected chi connectivity index (χ2v) is 6.46. The van der Waals surface area contributed by atoms with Crippen molar-refractivity contribution < 1.29 is 23.7 Å². The highest BCUT2D eigenvalue weighted by atomic mass is 35.5. The van der Waals surface area contributed by atoms with Crippen molar-refractivity contribution in [3.05, 3.63) is 46.5 Å². The zero-order chi connectivity index (χ0) is 20.8. The second kappa shape index (κ2) is 9.37. The number of methoxy groups -OCH3 is 4. The molecule has 0 spiro atoms. The molecule has 0 amide bonds. The lowest BCUT2D eigenvalue weighted by molar-refractivity contribution is 0.103. The highest BCUT2D eigenvalue weighted by Crippen LogP contribution is 2.37. The molecule has 6 nitrogen and oxygen atoms in total. The maximum atomic E-state index is 13.0. The van der Waals surface area contributed by atoms with Crippen molar-refractivity contribution in [3.63, 3.8) is 0 Å². The van der Waals surface area contributed by atoms with E-state index in [0.717, 1.165) is 17.0 Å². The van der Waals surface area contributed by atoms with Gasteiger partial charge in [-0.2, -0.15) is 0 Å². The summed E-state index contributed by atoms with van der Waals surface area (Å²) in [5.74, 6) is 1.46. The Morgan fingerprint density at radius 3 is 2.14 bits per heavy atom. The number of allylic oxidation sites excluding steroid dienone is 1.